The van der Waals surface area contributed by atoms with Gasteiger partial charge in [0, 0.05) is 12.5 Å². The lowest BCUT2D eigenvalue weighted by molar-refractivity contribution is -0.115. The summed E-state index contributed by atoms with van der Waals surface area (Å²) in [4.78, 5) is 10.6. The van der Waals surface area contributed by atoms with Gasteiger partial charge in [-0.3, -0.25) is 4.79 Å². The van der Waals surface area contributed by atoms with Crippen molar-refractivity contribution < 1.29 is 9.90 Å². The van der Waals surface area contributed by atoms with E-state index >= 15 is 0 Å². The molecule has 0 bridgehead atoms. The van der Waals surface area contributed by atoms with Crippen molar-refractivity contribution in [3.63, 3.8) is 0 Å². The second-order valence-corrected chi connectivity index (χ2v) is 2.38. The maximum atomic E-state index is 10.6. The molecule has 1 N–H and O–H groups in total. The number of rotatable bonds is 3. The molecule has 0 aromatic carbocycles. The van der Waals surface area contributed by atoms with Crippen molar-refractivity contribution >= 4 is 5.78 Å². The third kappa shape index (κ3) is 5.07. The first-order valence-corrected chi connectivity index (χ1v) is 3.00. The van der Waals surface area contributed by atoms with Crippen LogP contribution in [0.25, 0.3) is 0 Å². The van der Waals surface area contributed by atoms with Gasteiger partial charge >= 0.3 is 0 Å². The van der Waals surface area contributed by atoms with E-state index < -0.39 is 0 Å². The highest BCUT2D eigenvalue weighted by atomic mass is 16.2. The molecule has 0 spiro atoms. The Morgan fingerprint density at radius 2 is 2.22 bits per heavy atom. The van der Waals surface area contributed by atoms with Gasteiger partial charge in [0.15, 0.2) is 5.78 Å². The van der Waals surface area contributed by atoms with Crippen molar-refractivity contribution in [1.82, 2.24) is 0 Å². The van der Waals surface area contributed by atoms with Crippen molar-refractivity contribution in [3.8, 4) is 0 Å². The van der Waals surface area contributed by atoms with Crippen LogP contribution in [-0.2, 0) is 4.79 Å². The van der Waals surface area contributed by atoms with E-state index in [0.29, 0.717) is 12.3 Å². The van der Waals surface area contributed by atoms with Crippen molar-refractivity contribution in [2.75, 3.05) is 0 Å². The lowest BCUT2D eigenvalue weighted by atomic mass is 10.1. The van der Waals surface area contributed by atoms with E-state index in [1.54, 1.807) is 0 Å². The van der Waals surface area contributed by atoms with E-state index in [-0.39, 0.29) is 5.78 Å². The van der Waals surface area contributed by atoms with Crippen molar-refractivity contribution in [2.24, 2.45) is 5.92 Å². The van der Waals surface area contributed by atoms with Crippen LogP contribution in [0.4, 0.5) is 0 Å². The second kappa shape index (κ2) is 4.13. The van der Waals surface area contributed by atoms with Gasteiger partial charge in [-0.1, -0.05) is 13.8 Å². The Morgan fingerprint density at radius 3 is 2.56 bits per heavy atom. The largest absolute Gasteiger partial charge is 0.515 e. The zero-order valence-corrected chi connectivity index (χ0v) is 5.79. The van der Waals surface area contributed by atoms with Crippen LogP contribution in [-0.4, -0.2) is 10.9 Å². The monoisotopic (exact) mass is 128 g/mol. The lowest BCUT2D eigenvalue weighted by Gasteiger charge is -1.96. The third-order valence-electron chi connectivity index (χ3n) is 0.870. The minimum atomic E-state index is -0.0208. The number of aliphatic hydroxyl groups is 1. The summed E-state index contributed by atoms with van der Waals surface area (Å²) < 4.78 is 0. The summed E-state index contributed by atoms with van der Waals surface area (Å²) in [5.74, 6) is 0.348. The molecule has 0 rings (SSSR count). The Morgan fingerprint density at radius 1 is 1.67 bits per heavy atom. The highest BCUT2D eigenvalue weighted by molar-refractivity contribution is 5.89. The van der Waals surface area contributed by atoms with E-state index in [2.05, 4.69) is 0 Å². The first kappa shape index (κ1) is 8.21. The maximum Gasteiger partial charge on any atom is 0.158 e. The number of carbonyl (C=O) groups excluding carboxylic acids is 1. The van der Waals surface area contributed by atoms with Crippen molar-refractivity contribution in [1.29, 1.82) is 0 Å². The second-order valence-electron chi connectivity index (χ2n) is 2.38. The Kier molecular flexibility index (Phi) is 3.76. The Bertz CT molecular complexity index is 114. The first-order chi connectivity index (χ1) is 4.16. The predicted octanol–water partition coefficient (Wildman–Crippen LogP) is 1.67. The highest BCUT2D eigenvalue weighted by Crippen LogP contribution is 1.99. The van der Waals surface area contributed by atoms with Gasteiger partial charge in [-0.25, -0.2) is 0 Å². The van der Waals surface area contributed by atoms with Crippen LogP contribution in [0.2, 0.25) is 0 Å². The fraction of sp³-hybridized carbons (Fsp3) is 0.571. The van der Waals surface area contributed by atoms with Crippen LogP contribution in [0.5, 0.6) is 0 Å². The zero-order valence-electron chi connectivity index (χ0n) is 5.79. The summed E-state index contributed by atoms with van der Waals surface area (Å²) in [5.41, 5.74) is 0. The minimum absolute atomic E-state index is 0.0208. The summed E-state index contributed by atoms with van der Waals surface area (Å²) in [6.07, 6.45) is 2.47. The molecule has 0 amide bonds. The highest BCUT2D eigenvalue weighted by Gasteiger charge is 1.99. The quantitative estimate of drug-likeness (QED) is 0.463. The van der Waals surface area contributed by atoms with Crippen LogP contribution >= 0.6 is 0 Å². The molecular formula is C7H12O2. The first-order valence-electron chi connectivity index (χ1n) is 3.00. The standard InChI is InChI=1S/C7H12O2/c1-6(2)5-7(9)3-4-8/h3-4,6,8H,5H2,1-2H3/b4-3+. The fourth-order valence-corrected chi connectivity index (χ4v) is 0.554. The van der Waals surface area contributed by atoms with Crippen LogP contribution in [0.15, 0.2) is 12.3 Å². The van der Waals surface area contributed by atoms with Crippen LogP contribution in [0.1, 0.15) is 20.3 Å². The van der Waals surface area contributed by atoms with Gasteiger partial charge in [-0.2, -0.15) is 0 Å². The Hall–Kier alpha value is -0.790. The van der Waals surface area contributed by atoms with E-state index in [9.17, 15) is 4.79 Å². The number of hydrogen-bond acceptors (Lipinski definition) is 2. The van der Waals surface area contributed by atoms with Gasteiger partial charge in [0.1, 0.15) is 0 Å². The molecule has 0 aromatic heterocycles. The molecule has 0 fully saturated rings. The summed E-state index contributed by atoms with van der Waals surface area (Å²) in [6, 6.07) is 0. The molecule has 2 nitrogen and oxygen atoms in total. The Labute approximate surface area is 55.2 Å². The van der Waals surface area contributed by atoms with Gasteiger partial charge in [0.25, 0.3) is 0 Å². The van der Waals surface area contributed by atoms with Gasteiger partial charge in [0.2, 0.25) is 0 Å². The summed E-state index contributed by atoms with van der Waals surface area (Å²) in [5, 5.41) is 8.15. The SMILES string of the molecule is CC(C)CC(=O)/C=C/O. The number of aliphatic hydroxyl groups excluding tert-OH is 1. The molecule has 52 valence electrons. The van der Waals surface area contributed by atoms with Crippen LogP contribution in [0.3, 0.4) is 0 Å². The Balaban J connectivity index is 3.51. The molecule has 0 heterocycles. The minimum Gasteiger partial charge on any atom is -0.515 e. The van der Waals surface area contributed by atoms with Crippen LogP contribution in [0, 0.1) is 5.92 Å². The smallest absolute Gasteiger partial charge is 0.158 e. The van der Waals surface area contributed by atoms with Gasteiger partial charge in [-0.15, -0.1) is 0 Å². The van der Waals surface area contributed by atoms with Crippen molar-refractivity contribution in [3.05, 3.63) is 12.3 Å². The normalized spacial score (nSPS) is 11.0. The molecule has 0 aliphatic rings. The molecule has 2 heteroatoms. The molecular weight excluding hydrogens is 116 g/mol. The van der Waals surface area contributed by atoms with E-state index in [4.69, 9.17) is 5.11 Å². The van der Waals surface area contributed by atoms with Gasteiger partial charge in [-0.05, 0) is 5.92 Å². The van der Waals surface area contributed by atoms with Crippen molar-refractivity contribution in [2.45, 2.75) is 20.3 Å². The fourth-order valence-electron chi connectivity index (χ4n) is 0.554. The summed E-state index contributed by atoms with van der Waals surface area (Å²) in [6.45, 7) is 3.92. The predicted molar refractivity (Wildman–Crippen MR) is 36.2 cm³/mol. The number of allylic oxidation sites excluding steroid dienone is 1. The van der Waals surface area contributed by atoms with E-state index in [1.165, 1.54) is 6.08 Å². The summed E-state index contributed by atoms with van der Waals surface area (Å²) >= 11 is 0. The van der Waals surface area contributed by atoms with Gasteiger partial charge in [0.05, 0.1) is 6.26 Å². The summed E-state index contributed by atoms with van der Waals surface area (Å²) in [7, 11) is 0. The molecule has 0 saturated carbocycles. The van der Waals surface area contributed by atoms with E-state index in [0.717, 1.165) is 6.26 Å². The lowest BCUT2D eigenvalue weighted by Crippen LogP contribution is -1.97. The molecule has 0 aliphatic heterocycles. The molecule has 0 radical (unpaired) electrons. The molecule has 0 unspecified atom stereocenters. The molecule has 0 aromatic rings. The topological polar surface area (TPSA) is 37.3 Å². The van der Waals surface area contributed by atoms with Gasteiger partial charge < -0.3 is 5.11 Å². The maximum absolute atomic E-state index is 10.6. The molecule has 0 saturated heterocycles. The average Bonchev–Trinajstić information content (AvgIpc) is 1.63. The average molecular weight is 128 g/mol. The zero-order chi connectivity index (χ0) is 7.28. The number of hydrogen-bond donors (Lipinski definition) is 1. The third-order valence-corrected chi connectivity index (χ3v) is 0.870. The number of carbonyl (C=O) groups is 1. The van der Waals surface area contributed by atoms with Crippen LogP contribution < -0.4 is 0 Å². The number of ketones is 1. The van der Waals surface area contributed by atoms with E-state index in [1.807, 2.05) is 13.8 Å². The molecule has 9 heavy (non-hydrogen) atoms. The molecule has 0 atom stereocenters. The molecule has 0 aliphatic carbocycles.